The van der Waals surface area contributed by atoms with Gasteiger partial charge in [-0.15, -0.1) is 0 Å². The minimum absolute atomic E-state index is 0.508. The molecular weight excluding hydrogens is 328 g/mol. The van der Waals surface area contributed by atoms with Crippen LogP contribution in [-0.4, -0.2) is 24.2 Å². The van der Waals surface area contributed by atoms with E-state index >= 15 is 0 Å². The summed E-state index contributed by atoms with van der Waals surface area (Å²) in [5, 5.41) is 0. The highest BCUT2D eigenvalue weighted by molar-refractivity contribution is 5.51. The van der Waals surface area contributed by atoms with E-state index in [9.17, 15) is 0 Å². The fraction of sp³-hybridized carbons (Fsp3) is 0.520. The zero-order chi connectivity index (χ0) is 20.1. The third kappa shape index (κ3) is 5.51. The topological polar surface area (TPSA) is 6.48 Å². The van der Waals surface area contributed by atoms with Gasteiger partial charge in [0.25, 0.3) is 0 Å². The molecule has 2 nitrogen and oxygen atoms in total. The molecule has 0 heterocycles. The van der Waals surface area contributed by atoms with Crippen LogP contribution in [-0.2, 0) is 6.42 Å². The Morgan fingerprint density at radius 2 is 0.741 bits per heavy atom. The zero-order valence-corrected chi connectivity index (χ0v) is 18.5. The Kier molecular flexibility index (Phi) is 7.35. The number of anilines is 2. The smallest absolute Gasteiger partial charge is 0.0371 e. The van der Waals surface area contributed by atoms with Crippen molar-refractivity contribution >= 4 is 11.4 Å². The van der Waals surface area contributed by atoms with Crippen LogP contribution < -0.4 is 9.80 Å². The van der Waals surface area contributed by atoms with E-state index in [0.29, 0.717) is 24.2 Å². The van der Waals surface area contributed by atoms with Crippen LogP contribution in [0.3, 0.4) is 0 Å². The summed E-state index contributed by atoms with van der Waals surface area (Å²) in [6.45, 7) is 18.1. The molecule has 0 unspecified atom stereocenters. The number of rotatable bonds is 8. The van der Waals surface area contributed by atoms with Gasteiger partial charge in [-0.25, -0.2) is 0 Å². The van der Waals surface area contributed by atoms with E-state index in [4.69, 9.17) is 0 Å². The lowest BCUT2D eigenvalue weighted by Crippen LogP contribution is -2.36. The monoisotopic (exact) mass is 366 g/mol. The maximum Gasteiger partial charge on any atom is 0.0371 e. The highest BCUT2D eigenvalue weighted by Crippen LogP contribution is 2.24. The van der Waals surface area contributed by atoms with E-state index < -0.39 is 0 Å². The summed E-state index contributed by atoms with van der Waals surface area (Å²) < 4.78 is 0. The molecule has 0 N–H and O–H groups in total. The molecule has 2 aromatic rings. The van der Waals surface area contributed by atoms with Crippen molar-refractivity contribution < 1.29 is 0 Å². The number of hydrogen-bond donors (Lipinski definition) is 0. The van der Waals surface area contributed by atoms with Crippen molar-refractivity contribution in [2.24, 2.45) is 0 Å². The van der Waals surface area contributed by atoms with Crippen LogP contribution in [0.4, 0.5) is 11.4 Å². The summed E-state index contributed by atoms with van der Waals surface area (Å²) in [5.74, 6) is 0. The number of nitrogens with zero attached hydrogens (tertiary/aromatic N) is 2. The Morgan fingerprint density at radius 3 is 0.963 bits per heavy atom. The summed E-state index contributed by atoms with van der Waals surface area (Å²) in [5.41, 5.74) is 5.35. The first-order valence-corrected chi connectivity index (χ1v) is 10.4. The van der Waals surface area contributed by atoms with Gasteiger partial charge in [0.1, 0.15) is 0 Å². The average molecular weight is 367 g/mol. The van der Waals surface area contributed by atoms with E-state index in [-0.39, 0.29) is 0 Å². The van der Waals surface area contributed by atoms with Gasteiger partial charge in [0.05, 0.1) is 0 Å². The van der Waals surface area contributed by atoms with Crippen LogP contribution in [0.5, 0.6) is 0 Å². The zero-order valence-electron chi connectivity index (χ0n) is 18.5. The van der Waals surface area contributed by atoms with Gasteiger partial charge in [-0.3, -0.25) is 0 Å². The maximum absolute atomic E-state index is 2.46. The minimum Gasteiger partial charge on any atom is -0.367 e. The summed E-state index contributed by atoms with van der Waals surface area (Å²) in [7, 11) is 0. The molecule has 0 saturated heterocycles. The molecule has 0 bridgehead atoms. The summed E-state index contributed by atoms with van der Waals surface area (Å²) in [4.78, 5) is 4.93. The largest absolute Gasteiger partial charge is 0.367 e. The van der Waals surface area contributed by atoms with Crippen LogP contribution in [0, 0.1) is 0 Å². The van der Waals surface area contributed by atoms with Gasteiger partial charge in [-0.05, 0) is 97.2 Å². The van der Waals surface area contributed by atoms with Crippen molar-refractivity contribution in [3.63, 3.8) is 0 Å². The molecule has 27 heavy (non-hydrogen) atoms. The molecule has 0 amide bonds. The Labute approximate surface area is 167 Å². The number of hydrogen-bond acceptors (Lipinski definition) is 2. The van der Waals surface area contributed by atoms with Crippen LogP contribution in [0.2, 0.25) is 0 Å². The molecule has 2 rings (SSSR count). The first-order valence-electron chi connectivity index (χ1n) is 10.4. The lowest BCUT2D eigenvalue weighted by Gasteiger charge is -2.33. The van der Waals surface area contributed by atoms with E-state index in [1.54, 1.807) is 0 Å². The lowest BCUT2D eigenvalue weighted by molar-refractivity contribution is 0.608. The highest BCUT2D eigenvalue weighted by atomic mass is 15.2. The van der Waals surface area contributed by atoms with Crippen molar-refractivity contribution in [2.45, 2.75) is 86.0 Å². The van der Waals surface area contributed by atoms with Crippen LogP contribution in [0.25, 0.3) is 0 Å². The number of benzene rings is 2. The predicted molar refractivity (Wildman–Crippen MR) is 121 cm³/mol. The molecule has 0 fully saturated rings. The van der Waals surface area contributed by atoms with Gasteiger partial charge in [-0.1, -0.05) is 24.3 Å². The average Bonchev–Trinajstić information content (AvgIpc) is 2.57. The Morgan fingerprint density at radius 1 is 0.481 bits per heavy atom. The van der Waals surface area contributed by atoms with Crippen LogP contribution in [0.15, 0.2) is 48.5 Å². The molecule has 2 aromatic carbocycles. The molecule has 0 atom stereocenters. The summed E-state index contributed by atoms with van der Waals surface area (Å²) in [6.07, 6.45) is 0.979. The Bertz CT molecular complexity index is 604. The summed E-state index contributed by atoms with van der Waals surface area (Å²) >= 11 is 0. The minimum atomic E-state index is 0.508. The predicted octanol–water partition coefficient (Wildman–Crippen LogP) is 6.52. The van der Waals surface area contributed by atoms with Crippen molar-refractivity contribution in [2.75, 3.05) is 9.80 Å². The van der Waals surface area contributed by atoms with Gasteiger partial charge >= 0.3 is 0 Å². The maximum atomic E-state index is 2.46. The quantitative estimate of drug-likeness (QED) is 0.524. The summed E-state index contributed by atoms with van der Waals surface area (Å²) in [6, 6.07) is 20.2. The molecule has 0 aliphatic heterocycles. The van der Waals surface area contributed by atoms with Gasteiger partial charge in [0, 0.05) is 35.5 Å². The first kappa shape index (κ1) is 21.3. The molecule has 0 aliphatic rings. The Balaban J connectivity index is 2.11. The molecule has 148 valence electrons. The van der Waals surface area contributed by atoms with Gasteiger partial charge in [0.15, 0.2) is 0 Å². The van der Waals surface area contributed by atoms with E-state index in [1.807, 2.05) is 0 Å². The fourth-order valence-corrected chi connectivity index (χ4v) is 4.19. The van der Waals surface area contributed by atoms with E-state index in [1.165, 1.54) is 22.5 Å². The van der Waals surface area contributed by atoms with Gasteiger partial charge in [-0.2, -0.15) is 0 Å². The van der Waals surface area contributed by atoms with Crippen LogP contribution in [0.1, 0.15) is 66.5 Å². The molecule has 0 aromatic heterocycles. The first-order chi connectivity index (χ1) is 12.7. The second kappa shape index (κ2) is 9.30. The molecular formula is C25H38N2. The molecule has 0 radical (unpaired) electrons. The van der Waals surface area contributed by atoms with Gasteiger partial charge in [0.2, 0.25) is 0 Å². The lowest BCUT2D eigenvalue weighted by atomic mass is 10.0. The van der Waals surface area contributed by atoms with Crippen molar-refractivity contribution in [3.05, 3.63) is 59.7 Å². The molecule has 0 saturated carbocycles. The van der Waals surface area contributed by atoms with E-state index in [2.05, 4.69) is 114 Å². The molecule has 2 heteroatoms. The van der Waals surface area contributed by atoms with Crippen molar-refractivity contribution in [3.8, 4) is 0 Å². The van der Waals surface area contributed by atoms with E-state index in [0.717, 1.165) is 6.42 Å². The fourth-order valence-electron chi connectivity index (χ4n) is 4.19. The third-order valence-electron chi connectivity index (χ3n) is 5.10. The third-order valence-corrected chi connectivity index (χ3v) is 5.10. The second-order valence-corrected chi connectivity index (χ2v) is 8.70. The second-order valence-electron chi connectivity index (χ2n) is 8.70. The SMILES string of the molecule is CC(C)N(c1ccc(Cc2ccc(N(C(C)C)C(C)C)cc2)cc1)C(C)C. The highest BCUT2D eigenvalue weighted by Gasteiger charge is 2.15. The van der Waals surface area contributed by atoms with Crippen molar-refractivity contribution in [1.29, 1.82) is 0 Å². The van der Waals surface area contributed by atoms with Gasteiger partial charge < -0.3 is 9.80 Å². The standard InChI is InChI=1S/C25H38N2/c1-18(2)26(19(3)4)24-13-9-22(10-14-24)17-23-11-15-25(16-12-23)27(20(5)6)21(7)8/h9-16,18-21H,17H2,1-8H3. The van der Waals surface area contributed by atoms with Crippen LogP contribution >= 0.6 is 0 Å². The molecule has 0 spiro atoms. The molecule has 0 aliphatic carbocycles. The Hall–Kier alpha value is -1.96. The van der Waals surface area contributed by atoms with Crippen molar-refractivity contribution in [1.82, 2.24) is 0 Å². The normalized spacial score (nSPS) is 11.7.